The molecule has 2 heteroatoms. The maximum atomic E-state index is 8.91. The van der Waals surface area contributed by atoms with Gasteiger partial charge in [0.1, 0.15) is 0 Å². The van der Waals surface area contributed by atoms with Crippen molar-refractivity contribution in [3.8, 4) is 0 Å². The summed E-state index contributed by atoms with van der Waals surface area (Å²) in [4.78, 5) is 0. The van der Waals surface area contributed by atoms with Crippen LogP contribution in [0.1, 0.15) is 30.9 Å². The molecule has 82 valence electrons. The minimum Gasteiger partial charge on any atom is -0.396 e. The van der Waals surface area contributed by atoms with Gasteiger partial charge >= 0.3 is 0 Å². The van der Waals surface area contributed by atoms with Gasteiger partial charge in [0, 0.05) is 18.1 Å². The highest BCUT2D eigenvalue weighted by Crippen LogP contribution is 2.50. The van der Waals surface area contributed by atoms with E-state index in [0.29, 0.717) is 0 Å². The van der Waals surface area contributed by atoms with Crippen molar-refractivity contribution < 1.29 is 5.11 Å². The lowest BCUT2D eigenvalue weighted by molar-refractivity contribution is 0.299. The van der Waals surface area contributed by atoms with Crippen LogP contribution < -0.4 is 5.73 Å². The first kappa shape index (κ1) is 10.7. The Morgan fingerprint density at radius 2 is 2.20 bits per heavy atom. The van der Waals surface area contributed by atoms with E-state index >= 15 is 0 Å². The van der Waals surface area contributed by atoms with Crippen LogP contribution >= 0.6 is 0 Å². The summed E-state index contributed by atoms with van der Waals surface area (Å²) in [6, 6.07) is 8.73. The maximum Gasteiger partial charge on any atom is 0.0471 e. The molecular weight excluding hydrogens is 186 g/mol. The quantitative estimate of drug-likeness (QED) is 0.784. The fourth-order valence-electron chi connectivity index (χ4n) is 2.31. The summed E-state index contributed by atoms with van der Waals surface area (Å²) in [5.74, 6) is 0. The fourth-order valence-corrected chi connectivity index (χ4v) is 2.31. The summed E-state index contributed by atoms with van der Waals surface area (Å²) in [6.45, 7) is 2.31. The molecule has 1 unspecified atom stereocenters. The summed E-state index contributed by atoms with van der Waals surface area (Å²) >= 11 is 0. The second-order valence-corrected chi connectivity index (χ2v) is 4.62. The van der Waals surface area contributed by atoms with Crippen molar-refractivity contribution in [1.29, 1.82) is 0 Å². The van der Waals surface area contributed by atoms with E-state index in [1.807, 2.05) is 0 Å². The molecule has 0 amide bonds. The van der Waals surface area contributed by atoms with E-state index in [9.17, 15) is 0 Å². The first-order chi connectivity index (χ1) is 7.19. The summed E-state index contributed by atoms with van der Waals surface area (Å²) < 4.78 is 0. The number of hydrogen-bond donors (Lipinski definition) is 2. The van der Waals surface area contributed by atoms with Gasteiger partial charge in [-0.05, 0) is 37.3 Å². The van der Waals surface area contributed by atoms with Crippen molar-refractivity contribution in [2.45, 2.75) is 37.6 Å². The van der Waals surface area contributed by atoms with Crippen molar-refractivity contribution in [3.05, 3.63) is 35.4 Å². The Morgan fingerprint density at radius 1 is 1.47 bits per heavy atom. The zero-order valence-electron chi connectivity index (χ0n) is 9.24. The Hall–Kier alpha value is -0.860. The van der Waals surface area contributed by atoms with Crippen molar-refractivity contribution in [1.82, 2.24) is 0 Å². The first-order valence-electron chi connectivity index (χ1n) is 5.65. The molecule has 0 saturated heterocycles. The molecule has 0 spiro atoms. The Balaban J connectivity index is 2.25. The van der Waals surface area contributed by atoms with E-state index < -0.39 is 0 Å². The highest BCUT2D eigenvalue weighted by molar-refractivity contribution is 5.36. The van der Waals surface area contributed by atoms with Crippen LogP contribution in [0, 0.1) is 0 Å². The van der Waals surface area contributed by atoms with E-state index in [1.54, 1.807) is 0 Å². The molecule has 0 bridgehead atoms. The lowest BCUT2D eigenvalue weighted by Crippen LogP contribution is -2.31. The minimum absolute atomic E-state index is 0.217. The van der Waals surface area contributed by atoms with Crippen molar-refractivity contribution in [2.24, 2.45) is 5.73 Å². The number of nitrogens with two attached hydrogens (primary N) is 1. The first-order valence-corrected chi connectivity index (χ1v) is 5.65. The highest BCUT2D eigenvalue weighted by Gasteiger charge is 2.47. The average Bonchev–Trinajstić information content (AvgIpc) is 2.99. The molecule has 1 fully saturated rings. The zero-order chi connectivity index (χ0) is 10.9. The molecule has 1 atom stereocenters. The summed E-state index contributed by atoms with van der Waals surface area (Å²) in [5.41, 5.74) is 8.83. The Labute approximate surface area is 91.1 Å². The molecule has 0 aromatic heterocycles. The molecule has 15 heavy (non-hydrogen) atoms. The minimum atomic E-state index is 0.217. The van der Waals surface area contributed by atoms with E-state index in [1.165, 1.54) is 24.0 Å². The monoisotopic (exact) mass is 205 g/mol. The van der Waals surface area contributed by atoms with Gasteiger partial charge in [0.2, 0.25) is 0 Å². The van der Waals surface area contributed by atoms with Gasteiger partial charge in [-0.15, -0.1) is 0 Å². The van der Waals surface area contributed by atoms with Crippen molar-refractivity contribution in [3.63, 3.8) is 0 Å². The SMILES string of the molecule is CC(N)C1(c2cccc(CCO)c2)CC1. The fraction of sp³-hybridized carbons (Fsp3) is 0.538. The lowest BCUT2D eigenvalue weighted by atomic mass is 9.88. The third-order valence-corrected chi connectivity index (χ3v) is 3.56. The predicted octanol–water partition coefficient (Wildman–Crippen LogP) is 1.60. The van der Waals surface area contributed by atoms with Gasteiger partial charge in [-0.2, -0.15) is 0 Å². The molecule has 1 aromatic carbocycles. The Kier molecular flexibility index (Phi) is 2.81. The van der Waals surface area contributed by atoms with Crippen LogP contribution in [0.25, 0.3) is 0 Å². The molecule has 2 rings (SSSR count). The Morgan fingerprint density at radius 3 is 2.73 bits per heavy atom. The van der Waals surface area contributed by atoms with Crippen LogP contribution in [0.15, 0.2) is 24.3 Å². The molecule has 3 N–H and O–H groups in total. The van der Waals surface area contributed by atoms with E-state index in [-0.39, 0.29) is 18.1 Å². The molecule has 0 heterocycles. The standard InChI is InChI=1S/C13H19NO/c1-10(14)13(6-7-13)12-4-2-3-11(9-12)5-8-15/h2-4,9-10,15H,5-8,14H2,1H3. The van der Waals surface area contributed by atoms with Gasteiger partial charge in [-0.1, -0.05) is 24.3 Å². The Bertz CT molecular complexity index is 342. The number of benzene rings is 1. The van der Waals surface area contributed by atoms with Crippen LogP contribution in [-0.4, -0.2) is 17.8 Å². The number of aliphatic hydroxyl groups excluding tert-OH is 1. The molecule has 1 aromatic rings. The van der Waals surface area contributed by atoms with Crippen LogP contribution in [0.3, 0.4) is 0 Å². The van der Waals surface area contributed by atoms with Gasteiger partial charge in [-0.3, -0.25) is 0 Å². The van der Waals surface area contributed by atoms with Crippen molar-refractivity contribution in [2.75, 3.05) is 6.61 Å². The smallest absolute Gasteiger partial charge is 0.0471 e. The number of aliphatic hydroxyl groups is 1. The lowest BCUT2D eigenvalue weighted by Gasteiger charge is -2.20. The van der Waals surface area contributed by atoms with E-state index in [2.05, 4.69) is 31.2 Å². The zero-order valence-corrected chi connectivity index (χ0v) is 9.24. The average molecular weight is 205 g/mol. The molecule has 1 aliphatic rings. The summed E-state index contributed by atoms with van der Waals surface area (Å²) in [5, 5.41) is 8.91. The van der Waals surface area contributed by atoms with Crippen LogP contribution in [0.2, 0.25) is 0 Å². The maximum absolute atomic E-state index is 8.91. The largest absolute Gasteiger partial charge is 0.396 e. The van der Waals surface area contributed by atoms with E-state index in [0.717, 1.165) is 6.42 Å². The molecule has 1 saturated carbocycles. The number of rotatable bonds is 4. The van der Waals surface area contributed by atoms with Crippen LogP contribution in [-0.2, 0) is 11.8 Å². The van der Waals surface area contributed by atoms with Gasteiger partial charge in [0.05, 0.1) is 0 Å². The number of hydrogen-bond acceptors (Lipinski definition) is 2. The molecule has 0 radical (unpaired) electrons. The normalized spacial score (nSPS) is 19.9. The van der Waals surface area contributed by atoms with Crippen LogP contribution in [0.4, 0.5) is 0 Å². The van der Waals surface area contributed by atoms with Gasteiger partial charge in [0.25, 0.3) is 0 Å². The molecule has 1 aliphatic carbocycles. The summed E-state index contributed by atoms with van der Waals surface area (Å²) in [6.07, 6.45) is 3.14. The predicted molar refractivity (Wildman–Crippen MR) is 61.8 cm³/mol. The third-order valence-electron chi connectivity index (χ3n) is 3.56. The topological polar surface area (TPSA) is 46.2 Å². The summed E-state index contributed by atoms with van der Waals surface area (Å²) in [7, 11) is 0. The van der Waals surface area contributed by atoms with E-state index in [4.69, 9.17) is 10.8 Å². The highest BCUT2D eigenvalue weighted by atomic mass is 16.2. The van der Waals surface area contributed by atoms with Gasteiger partial charge < -0.3 is 10.8 Å². The van der Waals surface area contributed by atoms with Crippen LogP contribution in [0.5, 0.6) is 0 Å². The van der Waals surface area contributed by atoms with Gasteiger partial charge in [-0.25, -0.2) is 0 Å². The molecule has 0 aliphatic heterocycles. The van der Waals surface area contributed by atoms with Gasteiger partial charge in [0.15, 0.2) is 0 Å². The second-order valence-electron chi connectivity index (χ2n) is 4.62. The molecule has 2 nitrogen and oxygen atoms in total. The van der Waals surface area contributed by atoms with Crippen molar-refractivity contribution >= 4 is 0 Å². The molecular formula is C13H19NO. The third kappa shape index (κ3) is 1.92. The second kappa shape index (κ2) is 3.95.